The Labute approximate surface area is 144 Å². The third-order valence-electron chi connectivity index (χ3n) is 4.35. The van der Waals surface area contributed by atoms with Crippen molar-refractivity contribution in [2.75, 3.05) is 5.32 Å². The zero-order valence-electron chi connectivity index (χ0n) is 14.0. The van der Waals surface area contributed by atoms with Crippen LogP contribution in [0.3, 0.4) is 0 Å². The van der Waals surface area contributed by atoms with E-state index >= 15 is 0 Å². The molecule has 1 aromatic heterocycles. The summed E-state index contributed by atoms with van der Waals surface area (Å²) in [7, 11) is 0. The highest BCUT2D eigenvalue weighted by molar-refractivity contribution is 7.17. The predicted molar refractivity (Wildman–Crippen MR) is 93.2 cm³/mol. The minimum atomic E-state index is -1.21. The first-order valence-electron chi connectivity index (χ1n) is 7.76. The van der Waals surface area contributed by atoms with E-state index in [2.05, 4.69) is 26.1 Å². The molecule has 0 saturated carbocycles. The molecular weight excluding hydrogens is 328 g/mol. The number of amides is 2. The molecule has 0 aliphatic heterocycles. The molecule has 2 rings (SSSR count). The van der Waals surface area contributed by atoms with Gasteiger partial charge in [-0.15, -0.1) is 11.3 Å². The first-order valence-corrected chi connectivity index (χ1v) is 8.57. The Morgan fingerprint density at radius 1 is 1.29 bits per heavy atom. The van der Waals surface area contributed by atoms with Gasteiger partial charge in [0.05, 0.1) is 5.56 Å². The van der Waals surface area contributed by atoms with E-state index in [-0.39, 0.29) is 5.41 Å². The van der Waals surface area contributed by atoms with Crippen molar-refractivity contribution < 1.29 is 19.5 Å². The molecule has 0 spiro atoms. The third-order valence-corrected chi connectivity index (χ3v) is 5.52. The maximum absolute atomic E-state index is 11.8. The van der Waals surface area contributed by atoms with Crippen LogP contribution in [0.2, 0.25) is 0 Å². The molecule has 4 N–H and O–H groups in total. The highest BCUT2D eigenvalue weighted by Crippen LogP contribution is 2.44. The lowest BCUT2D eigenvalue weighted by Crippen LogP contribution is -2.27. The van der Waals surface area contributed by atoms with Gasteiger partial charge in [-0.1, -0.05) is 20.8 Å². The van der Waals surface area contributed by atoms with Gasteiger partial charge in [0.2, 0.25) is 5.91 Å². The number of rotatable bonds is 4. The first kappa shape index (κ1) is 18.2. The van der Waals surface area contributed by atoms with Gasteiger partial charge in [0.15, 0.2) is 0 Å². The average molecular weight is 350 g/mol. The maximum Gasteiger partial charge on any atom is 0.328 e. The lowest BCUT2D eigenvalue weighted by atomic mass is 9.72. The number of carboxylic acid groups (broad SMARTS) is 1. The zero-order valence-corrected chi connectivity index (χ0v) is 14.8. The summed E-state index contributed by atoms with van der Waals surface area (Å²) in [4.78, 5) is 35.2. The fraction of sp³-hybridized carbons (Fsp3) is 0.471. The smallest absolute Gasteiger partial charge is 0.328 e. The lowest BCUT2D eigenvalue weighted by Gasteiger charge is -2.33. The molecule has 0 unspecified atom stereocenters. The lowest BCUT2D eigenvalue weighted by molar-refractivity contribution is -0.131. The minimum absolute atomic E-state index is 0.169. The number of nitrogens with two attached hydrogens (primary N) is 1. The number of thiophene rings is 1. The van der Waals surface area contributed by atoms with Gasteiger partial charge in [-0.3, -0.25) is 9.59 Å². The van der Waals surface area contributed by atoms with E-state index in [0.717, 1.165) is 41.9 Å². The Morgan fingerprint density at radius 2 is 1.96 bits per heavy atom. The summed E-state index contributed by atoms with van der Waals surface area (Å²) in [5.41, 5.74) is 6.96. The van der Waals surface area contributed by atoms with Gasteiger partial charge in [0, 0.05) is 17.0 Å². The number of carbonyl (C=O) groups excluding carboxylic acids is 2. The van der Waals surface area contributed by atoms with Crippen LogP contribution >= 0.6 is 11.3 Å². The van der Waals surface area contributed by atoms with E-state index in [1.54, 1.807) is 0 Å². The van der Waals surface area contributed by atoms with Crippen molar-refractivity contribution in [2.24, 2.45) is 17.1 Å². The van der Waals surface area contributed by atoms with Crippen molar-refractivity contribution in [2.45, 2.75) is 40.0 Å². The molecule has 1 atom stereocenters. The Hall–Kier alpha value is -2.15. The largest absolute Gasteiger partial charge is 0.478 e. The summed E-state index contributed by atoms with van der Waals surface area (Å²) >= 11 is 1.36. The Balaban J connectivity index is 2.31. The van der Waals surface area contributed by atoms with E-state index < -0.39 is 17.8 Å². The van der Waals surface area contributed by atoms with Crippen molar-refractivity contribution in [1.82, 2.24) is 0 Å². The molecule has 1 heterocycles. The van der Waals surface area contributed by atoms with Crippen LogP contribution in [0.15, 0.2) is 12.2 Å². The number of carbonyl (C=O) groups is 3. The molecule has 2 amide bonds. The number of primary amides is 1. The van der Waals surface area contributed by atoms with Gasteiger partial charge in [0.25, 0.3) is 5.91 Å². The van der Waals surface area contributed by atoms with Crippen LogP contribution in [-0.2, 0) is 22.4 Å². The standard InChI is InChI=1S/C17H22N2O4S/c1-17(2,3)9-4-5-10-11(8-9)24-16(14(10)15(18)23)19-12(20)6-7-13(21)22/h6-7,9H,4-5,8H2,1-3H3,(H2,18,23)(H,19,20)(H,21,22)/b7-6+/t9-/m0/s1. The fourth-order valence-corrected chi connectivity index (χ4v) is 4.31. The zero-order chi connectivity index (χ0) is 18.1. The van der Waals surface area contributed by atoms with Gasteiger partial charge >= 0.3 is 5.97 Å². The quantitative estimate of drug-likeness (QED) is 0.725. The van der Waals surface area contributed by atoms with E-state index in [4.69, 9.17) is 10.8 Å². The number of hydrogen-bond acceptors (Lipinski definition) is 4. The molecule has 1 aromatic rings. The summed E-state index contributed by atoms with van der Waals surface area (Å²) in [6, 6.07) is 0. The fourth-order valence-electron chi connectivity index (χ4n) is 2.97. The van der Waals surface area contributed by atoms with Gasteiger partial charge in [-0.2, -0.15) is 0 Å². The predicted octanol–water partition coefficient (Wildman–Crippen LogP) is 2.58. The number of hydrogen-bond donors (Lipinski definition) is 3. The van der Waals surface area contributed by atoms with Crippen LogP contribution < -0.4 is 11.1 Å². The van der Waals surface area contributed by atoms with Crippen LogP contribution in [0.1, 0.15) is 48.0 Å². The molecule has 1 aliphatic carbocycles. The summed E-state index contributed by atoms with van der Waals surface area (Å²) in [5, 5.41) is 11.6. The van der Waals surface area contributed by atoms with Crippen molar-refractivity contribution in [1.29, 1.82) is 0 Å². The van der Waals surface area contributed by atoms with Crippen LogP contribution in [0, 0.1) is 11.3 Å². The second-order valence-electron chi connectivity index (χ2n) is 7.04. The second kappa shape index (κ2) is 6.76. The molecule has 1 aliphatic rings. The Morgan fingerprint density at radius 3 is 2.50 bits per heavy atom. The molecule has 130 valence electrons. The van der Waals surface area contributed by atoms with E-state index in [0.29, 0.717) is 16.5 Å². The summed E-state index contributed by atoms with van der Waals surface area (Å²) in [5.74, 6) is -1.87. The summed E-state index contributed by atoms with van der Waals surface area (Å²) in [6.07, 6.45) is 4.25. The minimum Gasteiger partial charge on any atom is -0.478 e. The topological polar surface area (TPSA) is 109 Å². The summed E-state index contributed by atoms with van der Waals surface area (Å²) in [6.45, 7) is 6.60. The molecule has 0 radical (unpaired) electrons. The van der Waals surface area contributed by atoms with Crippen molar-refractivity contribution in [3.63, 3.8) is 0 Å². The average Bonchev–Trinajstić information content (AvgIpc) is 2.80. The molecule has 0 aromatic carbocycles. The Kier molecular flexibility index (Phi) is 5.13. The number of carboxylic acids is 1. The third kappa shape index (κ3) is 4.03. The molecule has 6 nitrogen and oxygen atoms in total. The van der Waals surface area contributed by atoms with Gasteiger partial charge < -0.3 is 16.2 Å². The van der Waals surface area contributed by atoms with E-state index in [9.17, 15) is 14.4 Å². The van der Waals surface area contributed by atoms with E-state index in [1.165, 1.54) is 11.3 Å². The number of anilines is 1. The van der Waals surface area contributed by atoms with Gasteiger partial charge in [0.1, 0.15) is 5.00 Å². The first-order chi connectivity index (χ1) is 11.1. The number of aliphatic carboxylic acids is 1. The molecule has 0 saturated heterocycles. The Bertz CT molecular complexity index is 713. The molecule has 0 fully saturated rings. The monoisotopic (exact) mass is 350 g/mol. The van der Waals surface area contributed by atoms with Crippen molar-refractivity contribution in [3.8, 4) is 0 Å². The number of fused-ring (bicyclic) bond motifs is 1. The van der Waals surface area contributed by atoms with Crippen LogP contribution in [0.5, 0.6) is 0 Å². The second-order valence-corrected chi connectivity index (χ2v) is 8.14. The molecular formula is C17H22N2O4S. The van der Waals surface area contributed by atoms with Crippen LogP contribution in [-0.4, -0.2) is 22.9 Å². The molecule has 7 heteroatoms. The maximum atomic E-state index is 11.8. The van der Waals surface area contributed by atoms with Gasteiger partial charge in [-0.05, 0) is 36.2 Å². The summed E-state index contributed by atoms with van der Waals surface area (Å²) < 4.78 is 0. The molecule has 0 bridgehead atoms. The highest BCUT2D eigenvalue weighted by atomic mass is 32.1. The van der Waals surface area contributed by atoms with Gasteiger partial charge in [-0.25, -0.2) is 4.79 Å². The normalized spacial score (nSPS) is 17.5. The highest BCUT2D eigenvalue weighted by Gasteiger charge is 2.33. The van der Waals surface area contributed by atoms with Crippen LogP contribution in [0.4, 0.5) is 5.00 Å². The van der Waals surface area contributed by atoms with Crippen LogP contribution in [0.25, 0.3) is 0 Å². The molecule has 24 heavy (non-hydrogen) atoms. The van der Waals surface area contributed by atoms with Crippen molar-refractivity contribution in [3.05, 3.63) is 28.2 Å². The number of nitrogens with one attached hydrogen (secondary N) is 1. The van der Waals surface area contributed by atoms with Crippen molar-refractivity contribution >= 4 is 34.1 Å². The van der Waals surface area contributed by atoms with E-state index in [1.807, 2.05) is 0 Å². The SMILES string of the molecule is CC(C)(C)[C@H]1CCc2c(sc(NC(=O)/C=C/C(=O)O)c2C(N)=O)C1.